The maximum Gasteiger partial charge on any atom is 0.313 e. The fourth-order valence-corrected chi connectivity index (χ4v) is 16.8. The summed E-state index contributed by atoms with van der Waals surface area (Å²) < 4.78 is 5.92. The molecule has 0 unspecified atom stereocenters. The van der Waals surface area contributed by atoms with E-state index in [1.54, 1.807) is 12.3 Å². The molecule has 1 aliphatic heterocycles. The average Bonchev–Trinajstić information content (AvgIpc) is 3.55. The van der Waals surface area contributed by atoms with E-state index in [0.29, 0.717) is 53.2 Å². The Morgan fingerprint density at radius 1 is 0.965 bits per heavy atom. The summed E-state index contributed by atoms with van der Waals surface area (Å²) >= 11 is 0. The molecule has 314 valence electrons. The van der Waals surface area contributed by atoms with Crippen molar-refractivity contribution in [2.75, 3.05) is 44.3 Å². The van der Waals surface area contributed by atoms with Gasteiger partial charge in [-0.15, -0.1) is 0 Å². The van der Waals surface area contributed by atoms with Crippen molar-refractivity contribution in [3.63, 3.8) is 0 Å². The van der Waals surface area contributed by atoms with Crippen LogP contribution in [0.4, 0.5) is 0 Å². The molecule has 4 saturated carbocycles. The fraction of sp³-hybridized carbons (Fsp3) is 0.735. The third-order valence-corrected chi connectivity index (χ3v) is 20.8. The van der Waals surface area contributed by atoms with Crippen LogP contribution in [-0.4, -0.2) is 87.5 Å². The first kappa shape index (κ1) is 41.3. The number of hydrogen-bond donors (Lipinski definition) is 2. The minimum absolute atomic E-state index is 0.0270. The van der Waals surface area contributed by atoms with Gasteiger partial charge in [0, 0.05) is 44.0 Å². The molecule has 10 atom stereocenters. The summed E-state index contributed by atoms with van der Waals surface area (Å²) in [6, 6.07) is 1.69. The van der Waals surface area contributed by atoms with Crippen molar-refractivity contribution in [3.8, 4) is 5.88 Å². The first-order chi connectivity index (χ1) is 26.9. The molecule has 0 bridgehead atoms. The number of ether oxygens (including phenoxy) is 1. The number of aromatic nitrogens is 2. The van der Waals surface area contributed by atoms with Crippen LogP contribution in [0, 0.1) is 56.7 Å². The average molecular weight is 799 g/mol. The van der Waals surface area contributed by atoms with E-state index in [9.17, 15) is 9.90 Å². The Hall–Kier alpha value is -2.42. The van der Waals surface area contributed by atoms with E-state index in [1.807, 2.05) is 0 Å². The lowest BCUT2D eigenvalue weighted by Gasteiger charge is -2.72. The molecule has 5 fully saturated rings. The lowest BCUT2D eigenvalue weighted by atomic mass is 9.33. The van der Waals surface area contributed by atoms with Gasteiger partial charge < -0.3 is 20.1 Å². The predicted molar refractivity (Wildman–Crippen MR) is 238 cm³/mol. The zero-order valence-corrected chi connectivity index (χ0v) is 37.2. The molecule has 0 radical (unpaired) electrons. The SMILES string of the molecule is C=C(C)[C@@H]1CC[C@]2(NCCN3CCS(=C)(=C)CC3)CC[C@]3(C)[C@H](CC[C@@H]4[C@@]5(C)CC=C(C6=CC[C@](COc7ccncn7)(C(=O)O)CC6)C(C)(C)[C@@H]5CC[C@]43C)[C@@H]12. The molecule has 7 nitrogen and oxygen atoms in total. The highest BCUT2D eigenvalue weighted by atomic mass is 32.2. The summed E-state index contributed by atoms with van der Waals surface area (Å²) in [6.07, 6.45) is 21.4. The summed E-state index contributed by atoms with van der Waals surface area (Å²) in [6.45, 7) is 24.9. The van der Waals surface area contributed by atoms with E-state index in [-0.39, 0.29) is 23.0 Å². The molecular weight excluding hydrogens is 725 g/mol. The largest absolute Gasteiger partial charge is 0.481 e. The number of carboxylic acid groups (broad SMARTS) is 1. The summed E-state index contributed by atoms with van der Waals surface area (Å²) in [5, 5.41) is 14.8. The quantitative estimate of drug-likeness (QED) is 0.180. The fourth-order valence-electron chi connectivity index (χ4n) is 15.3. The highest BCUT2D eigenvalue weighted by molar-refractivity contribution is 8.27. The van der Waals surface area contributed by atoms with Crippen molar-refractivity contribution >= 4 is 26.9 Å². The van der Waals surface area contributed by atoms with Crippen LogP contribution in [0.3, 0.4) is 0 Å². The Kier molecular flexibility index (Phi) is 10.6. The van der Waals surface area contributed by atoms with Gasteiger partial charge in [-0.25, -0.2) is 19.2 Å². The second-order valence-electron chi connectivity index (χ2n) is 21.6. The minimum atomic E-state index is -0.944. The van der Waals surface area contributed by atoms with E-state index in [0.717, 1.165) is 44.9 Å². The molecule has 2 heterocycles. The molecule has 6 aliphatic carbocycles. The van der Waals surface area contributed by atoms with Gasteiger partial charge in [-0.05, 0) is 158 Å². The Labute approximate surface area is 345 Å². The number of hydrogen-bond acceptors (Lipinski definition) is 6. The van der Waals surface area contributed by atoms with Crippen molar-refractivity contribution in [2.45, 2.75) is 124 Å². The number of rotatable bonds is 10. The second-order valence-corrected chi connectivity index (χ2v) is 24.9. The van der Waals surface area contributed by atoms with Crippen LogP contribution >= 0.6 is 9.21 Å². The van der Waals surface area contributed by atoms with Crippen molar-refractivity contribution < 1.29 is 14.6 Å². The van der Waals surface area contributed by atoms with Crippen molar-refractivity contribution in [1.29, 1.82) is 0 Å². The molecule has 7 aliphatic rings. The Balaban J connectivity index is 1.01. The number of nitrogens with zero attached hydrogens (tertiary/aromatic N) is 3. The number of nitrogens with one attached hydrogen (secondary N) is 1. The topological polar surface area (TPSA) is 87.6 Å². The van der Waals surface area contributed by atoms with Gasteiger partial charge in [0.25, 0.3) is 0 Å². The van der Waals surface area contributed by atoms with Crippen LogP contribution in [0.5, 0.6) is 5.88 Å². The molecular formula is C49H74N4O3S. The monoisotopic (exact) mass is 799 g/mol. The molecule has 2 N–H and O–H groups in total. The van der Waals surface area contributed by atoms with E-state index < -0.39 is 20.6 Å². The van der Waals surface area contributed by atoms with Crippen LogP contribution in [0.25, 0.3) is 0 Å². The van der Waals surface area contributed by atoms with Gasteiger partial charge in [0.2, 0.25) is 5.88 Å². The Morgan fingerprint density at radius 3 is 2.40 bits per heavy atom. The molecule has 0 amide bonds. The number of carbonyl (C=O) groups is 1. The Morgan fingerprint density at radius 2 is 1.74 bits per heavy atom. The molecule has 8 heteroatoms. The lowest BCUT2D eigenvalue weighted by Crippen LogP contribution is -2.68. The van der Waals surface area contributed by atoms with Gasteiger partial charge in [-0.2, -0.15) is 0 Å². The number of carboxylic acids is 1. The van der Waals surface area contributed by atoms with Gasteiger partial charge in [0.15, 0.2) is 0 Å². The van der Waals surface area contributed by atoms with Crippen molar-refractivity contribution in [2.24, 2.45) is 56.7 Å². The molecule has 1 saturated heterocycles. The van der Waals surface area contributed by atoms with Crippen LogP contribution in [0.15, 0.2) is 54.0 Å². The molecule has 0 aromatic carbocycles. The predicted octanol–water partition coefficient (Wildman–Crippen LogP) is 9.56. The number of fused-ring (bicyclic) bond motifs is 7. The maximum absolute atomic E-state index is 12.7. The first-order valence-electron chi connectivity index (χ1n) is 22.5. The zero-order valence-electron chi connectivity index (χ0n) is 36.3. The van der Waals surface area contributed by atoms with E-state index in [1.165, 1.54) is 85.9 Å². The summed E-state index contributed by atoms with van der Waals surface area (Å²) in [7, 11) is -0.874. The van der Waals surface area contributed by atoms with Crippen LogP contribution in [-0.2, 0) is 4.79 Å². The summed E-state index contributed by atoms with van der Waals surface area (Å²) in [4.78, 5) is 23.5. The highest BCUT2D eigenvalue weighted by Crippen LogP contribution is 2.76. The highest BCUT2D eigenvalue weighted by Gasteiger charge is 2.70. The molecule has 0 spiro atoms. The van der Waals surface area contributed by atoms with Gasteiger partial charge >= 0.3 is 5.97 Å². The molecule has 1 aromatic rings. The van der Waals surface area contributed by atoms with E-state index in [4.69, 9.17) is 4.74 Å². The standard InChI is InChI=1S/C49H74N4O3S/c1-34(2)36-14-22-49(52-26-27-53-28-30-57(8,9)31-29-53)24-23-46(6)38(42(36)49)10-11-40-45(5)18-15-37(44(3,4)39(45)16-19-47(40,46)7)35-12-20-48(21-13-35,43(54)55)32-56-41-17-25-50-33-51-41/h12,15,17,25,33,36,38-40,42,52H,1,8-11,13-14,16,18-24,26-32H2,2-7H3,(H,54,55)/t36-,38+,39-,40+,42+,45-,46+,47+,48-,49-/m0/s1. The molecule has 1 aromatic heterocycles. The minimum Gasteiger partial charge on any atom is -0.481 e. The van der Waals surface area contributed by atoms with Crippen LogP contribution < -0.4 is 10.1 Å². The molecule has 8 rings (SSSR count). The lowest BCUT2D eigenvalue weighted by molar-refractivity contribution is -0.221. The van der Waals surface area contributed by atoms with Crippen LogP contribution in [0.1, 0.15) is 119 Å². The zero-order chi connectivity index (χ0) is 40.6. The molecule has 57 heavy (non-hydrogen) atoms. The van der Waals surface area contributed by atoms with Crippen molar-refractivity contribution in [3.05, 3.63) is 54.0 Å². The first-order valence-corrected chi connectivity index (χ1v) is 24.8. The van der Waals surface area contributed by atoms with Crippen LogP contribution in [0.2, 0.25) is 0 Å². The number of allylic oxidation sites excluding steroid dienone is 5. The normalized spacial score (nSPS) is 42.3. The van der Waals surface area contributed by atoms with E-state index in [2.05, 4.69) is 92.2 Å². The van der Waals surface area contributed by atoms with Gasteiger partial charge in [-0.1, -0.05) is 70.7 Å². The van der Waals surface area contributed by atoms with Gasteiger partial charge in [-0.3, -0.25) is 4.79 Å². The smallest absolute Gasteiger partial charge is 0.313 e. The summed E-state index contributed by atoms with van der Waals surface area (Å²) in [5.74, 6) is 14.2. The van der Waals surface area contributed by atoms with Gasteiger partial charge in [0.05, 0.1) is 0 Å². The Bertz CT molecular complexity index is 1890. The summed E-state index contributed by atoms with van der Waals surface area (Å²) in [5.41, 5.74) is 4.44. The van der Waals surface area contributed by atoms with Gasteiger partial charge in [0.1, 0.15) is 18.3 Å². The number of aliphatic carboxylic acids is 1. The third kappa shape index (κ3) is 6.73. The second kappa shape index (κ2) is 14.6. The maximum atomic E-state index is 12.7. The van der Waals surface area contributed by atoms with Crippen molar-refractivity contribution in [1.82, 2.24) is 20.2 Å². The van der Waals surface area contributed by atoms with E-state index >= 15 is 0 Å². The third-order valence-electron chi connectivity index (χ3n) is 18.7.